The minimum atomic E-state index is -5.12. The quantitative estimate of drug-likeness (QED) is 0.557. The molecule has 140 valence electrons. The number of rotatable bonds is 7. The Labute approximate surface area is 139 Å². The summed E-state index contributed by atoms with van der Waals surface area (Å²) in [6, 6.07) is 0.612. The summed E-state index contributed by atoms with van der Waals surface area (Å²) in [5.41, 5.74) is -4.75. The number of halogens is 3. The number of non-ortho nitro benzene ring substituents is 1. The molecule has 0 aromatic heterocycles. The summed E-state index contributed by atoms with van der Waals surface area (Å²) in [6.07, 6.45) is -7.47. The Morgan fingerprint density at radius 3 is 1.88 bits per heavy atom. The first-order valence-electron chi connectivity index (χ1n) is 6.99. The van der Waals surface area contributed by atoms with Crippen molar-refractivity contribution < 1.29 is 33.2 Å². The van der Waals surface area contributed by atoms with Crippen LogP contribution in [-0.4, -0.2) is 45.4 Å². The third-order valence-corrected chi connectivity index (χ3v) is 3.07. The van der Waals surface area contributed by atoms with Crippen molar-refractivity contribution in [1.82, 2.24) is 0 Å². The summed E-state index contributed by atoms with van der Waals surface area (Å²) in [4.78, 5) is 20.5. The summed E-state index contributed by atoms with van der Waals surface area (Å²) < 4.78 is 40.1. The van der Waals surface area contributed by atoms with Crippen LogP contribution in [0.1, 0.15) is 19.4 Å². The van der Waals surface area contributed by atoms with Crippen LogP contribution < -0.4 is 4.90 Å². The second kappa shape index (κ2) is 7.61. The second-order valence-electron chi connectivity index (χ2n) is 5.48. The van der Waals surface area contributed by atoms with Gasteiger partial charge in [-0.25, -0.2) is 0 Å². The highest BCUT2D eigenvalue weighted by atomic mass is 19.4. The van der Waals surface area contributed by atoms with Gasteiger partial charge < -0.3 is 15.1 Å². The number of anilines is 1. The zero-order chi connectivity index (χ0) is 19.5. The van der Waals surface area contributed by atoms with Gasteiger partial charge in [-0.2, -0.15) is 13.2 Å². The topological polar surface area (TPSA) is 130 Å². The van der Waals surface area contributed by atoms with Gasteiger partial charge in [-0.1, -0.05) is 0 Å². The number of hydrogen-bond donors (Lipinski definition) is 2. The summed E-state index contributed by atoms with van der Waals surface area (Å²) in [6.45, 7) is 1.60. The largest absolute Gasteiger partial charge is 0.418 e. The van der Waals surface area contributed by atoms with Crippen molar-refractivity contribution in [2.45, 2.75) is 32.2 Å². The Kier molecular flexibility index (Phi) is 6.26. The molecule has 2 unspecified atom stereocenters. The third kappa shape index (κ3) is 5.26. The minimum Gasteiger partial charge on any atom is -0.392 e. The lowest BCUT2D eigenvalue weighted by molar-refractivity contribution is -0.394. The molecule has 0 aliphatic carbocycles. The van der Waals surface area contributed by atoms with Crippen LogP contribution in [-0.2, 0) is 6.18 Å². The van der Waals surface area contributed by atoms with E-state index in [1.54, 1.807) is 0 Å². The van der Waals surface area contributed by atoms with Crippen LogP contribution in [0.15, 0.2) is 12.1 Å². The van der Waals surface area contributed by atoms with Crippen molar-refractivity contribution in [1.29, 1.82) is 0 Å². The molecule has 2 atom stereocenters. The van der Waals surface area contributed by atoms with Crippen molar-refractivity contribution in [2.75, 3.05) is 18.0 Å². The van der Waals surface area contributed by atoms with E-state index < -0.39 is 63.9 Å². The van der Waals surface area contributed by atoms with Gasteiger partial charge >= 0.3 is 6.18 Å². The van der Waals surface area contributed by atoms with Gasteiger partial charge in [0.1, 0.15) is 5.69 Å². The molecule has 1 rings (SSSR count). The smallest absolute Gasteiger partial charge is 0.392 e. The molecule has 0 amide bonds. The number of aliphatic hydroxyl groups excluding tert-OH is 2. The van der Waals surface area contributed by atoms with Crippen LogP contribution in [0, 0.1) is 20.2 Å². The summed E-state index contributed by atoms with van der Waals surface area (Å²) in [5, 5.41) is 41.0. The van der Waals surface area contributed by atoms with E-state index in [1.165, 1.54) is 13.8 Å². The van der Waals surface area contributed by atoms with Crippen molar-refractivity contribution in [2.24, 2.45) is 0 Å². The predicted octanol–water partition coefficient (Wildman–Crippen LogP) is 2.09. The molecule has 0 saturated heterocycles. The first kappa shape index (κ1) is 20.6. The minimum absolute atomic E-state index is 0.194. The Balaban J connectivity index is 3.77. The van der Waals surface area contributed by atoms with Gasteiger partial charge in [0.05, 0.1) is 33.7 Å². The number of alkyl halides is 3. The standard InChI is InChI=1S/C13H16F3N3O6/c1-7(20)5-17(6-8(2)21)12-10(13(14,15)16)3-9(18(22)23)4-11(12)19(24)25/h3-4,7-8,20-21H,5-6H2,1-2H3. The van der Waals surface area contributed by atoms with Crippen LogP contribution >= 0.6 is 0 Å². The van der Waals surface area contributed by atoms with Crippen LogP contribution in [0.2, 0.25) is 0 Å². The maximum atomic E-state index is 13.4. The van der Waals surface area contributed by atoms with E-state index in [0.29, 0.717) is 6.07 Å². The van der Waals surface area contributed by atoms with Gasteiger partial charge in [0.25, 0.3) is 11.4 Å². The summed E-state index contributed by atoms with van der Waals surface area (Å²) in [5.74, 6) is 0. The molecule has 2 N–H and O–H groups in total. The van der Waals surface area contributed by atoms with E-state index >= 15 is 0 Å². The molecule has 0 heterocycles. The molecule has 25 heavy (non-hydrogen) atoms. The van der Waals surface area contributed by atoms with Crippen molar-refractivity contribution >= 4 is 17.1 Å². The van der Waals surface area contributed by atoms with Crippen LogP contribution in [0.3, 0.4) is 0 Å². The zero-order valence-electron chi connectivity index (χ0n) is 13.2. The summed E-state index contributed by atoms with van der Waals surface area (Å²) >= 11 is 0. The first-order valence-corrected chi connectivity index (χ1v) is 6.99. The average Bonchev–Trinajstić information content (AvgIpc) is 2.42. The fourth-order valence-corrected chi connectivity index (χ4v) is 2.29. The van der Waals surface area contributed by atoms with Gasteiger partial charge in [0.15, 0.2) is 0 Å². The summed E-state index contributed by atoms with van der Waals surface area (Å²) in [7, 11) is 0. The van der Waals surface area contributed by atoms with Gasteiger partial charge in [-0.05, 0) is 13.8 Å². The molecule has 0 saturated carbocycles. The fourth-order valence-electron chi connectivity index (χ4n) is 2.29. The van der Waals surface area contributed by atoms with Crippen LogP contribution in [0.5, 0.6) is 0 Å². The molecular formula is C13H16F3N3O6. The van der Waals surface area contributed by atoms with Gasteiger partial charge in [-0.3, -0.25) is 20.2 Å². The predicted molar refractivity (Wildman–Crippen MR) is 80.3 cm³/mol. The molecule has 0 spiro atoms. The lowest BCUT2D eigenvalue weighted by atomic mass is 10.1. The van der Waals surface area contributed by atoms with Gasteiger partial charge in [0.2, 0.25) is 0 Å². The normalized spacial score (nSPS) is 14.0. The van der Waals surface area contributed by atoms with E-state index in [2.05, 4.69) is 0 Å². The molecular weight excluding hydrogens is 351 g/mol. The van der Waals surface area contributed by atoms with Crippen molar-refractivity contribution in [3.63, 3.8) is 0 Å². The zero-order valence-corrected chi connectivity index (χ0v) is 13.2. The molecule has 0 aliphatic heterocycles. The number of nitro groups is 2. The maximum Gasteiger partial charge on any atom is 0.418 e. The molecule has 1 aromatic carbocycles. The van der Waals surface area contributed by atoms with Crippen molar-refractivity contribution in [3.8, 4) is 0 Å². The Morgan fingerprint density at radius 1 is 1.08 bits per heavy atom. The first-order chi connectivity index (χ1) is 11.3. The molecule has 12 heteroatoms. The molecule has 0 aliphatic rings. The number of aliphatic hydroxyl groups is 2. The monoisotopic (exact) mass is 367 g/mol. The van der Waals surface area contributed by atoms with Crippen molar-refractivity contribution in [3.05, 3.63) is 37.9 Å². The van der Waals surface area contributed by atoms with E-state index in [-0.39, 0.29) is 6.07 Å². The number of nitro benzene ring substituents is 2. The van der Waals surface area contributed by atoms with Crippen LogP contribution in [0.25, 0.3) is 0 Å². The maximum absolute atomic E-state index is 13.4. The highest BCUT2D eigenvalue weighted by molar-refractivity contribution is 5.72. The van der Waals surface area contributed by atoms with E-state index in [4.69, 9.17) is 0 Å². The number of nitrogens with zero attached hydrogens (tertiary/aromatic N) is 3. The Bertz CT molecular complexity index is 653. The second-order valence-corrected chi connectivity index (χ2v) is 5.48. The SMILES string of the molecule is CC(O)CN(CC(C)O)c1c([N+](=O)[O-])cc([N+](=O)[O-])cc1C(F)(F)F. The average molecular weight is 367 g/mol. The highest BCUT2D eigenvalue weighted by Crippen LogP contribution is 2.44. The Hall–Kier alpha value is -2.47. The van der Waals surface area contributed by atoms with E-state index in [1.807, 2.05) is 0 Å². The van der Waals surface area contributed by atoms with Gasteiger partial charge in [0, 0.05) is 19.2 Å². The Morgan fingerprint density at radius 2 is 1.56 bits per heavy atom. The van der Waals surface area contributed by atoms with E-state index in [0.717, 1.165) is 4.90 Å². The number of benzene rings is 1. The molecule has 0 radical (unpaired) electrons. The van der Waals surface area contributed by atoms with E-state index in [9.17, 15) is 43.6 Å². The highest BCUT2D eigenvalue weighted by Gasteiger charge is 2.41. The lowest BCUT2D eigenvalue weighted by Crippen LogP contribution is -2.38. The molecule has 0 fully saturated rings. The molecule has 1 aromatic rings. The number of hydrogen-bond acceptors (Lipinski definition) is 7. The van der Waals surface area contributed by atoms with Crippen LogP contribution in [0.4, 0.5) is 30.2 Å². The fraction of sp³-hybridized carbons (Fsp3) is 0.538. The molecule has 0 bridgehead atoms. The third-order valence-electron chi connectivity index (χ3n) is 3.07. The van der Waals surface area contributed by atoms with Gasteiger partial charge in [-0.15, -0.1) is 0 Å². The lowest BCUT2D eigenvalue weighted by Gasteiger charge is -2.29. The molecule has 9 nitrogen and oxygen atoms in total.